The summed E-state index contributed by atoms with van der Waals surface area (Å²) in [6.07, 6.45) is -0.167. The molecule has 0 bridgehead atoms. The summed E-state index contributed by atoms with van der Waals surface area (Å²) in [4.78, 5) is 26.5. The smallest absolute Gasteiger partial charge is 0.232 e. The van der Waals surface area contributed by atoms with Crippen molar-refractivity contribution < 1.29 is 14.3 Å². The van der Waals surface area contributed by atoms with Gasteiger partial charge in [-0.1, -0.05) is 48.5 Å². The number of ether oxygens (including phenoxy) is 1. The maximum atomic E-state index is 12.6. The van der Waals surface area contributed by atoms with Crippen LogP contribution in [0.5, 0.6) is 5.75 Å². The fourth-order valence-corrected chi connectivity index (χ4v) is 2.68. The number of hydrogen-bond acceptors (Lipinski definition) is 3. The summed E-state index contributed by atoms with van der Waals surface area (Å²) in [5, 5.41) is 2.80. The van der Waals surface area contributed by atoms with Crippen molar-refractivity contribution in [2.45, 2.75) is 39.4 Å². The summed E-state index contributed by atoms with van der Waals surface area (Å²) >= 11 is 0. The highest BCUT2D eigenvalue weighted by Gasteiger charge is 2.20. The summed E-state index contributed by atoms with van der Waals surface area (Å²) < 4.78 is 5.27. The lowest BCUT2D eigenvalue weighted by Gasteiger charge is -2.27. The van der Waals surface area contributed by atoms with Gasteiger partial charge in [0.25, 0.3) is 0 Å². The van der Waals surface area contributed by atoms with Gasteiger partial charge in [0, 0.05) is 24.7 Å². The van der Waals surface area contributed by atoms with Crippen molar-refractivity contribution in [2.75, 3.05) is 7.11 Å². The number of nitrogens with zero attached hydrogens (tertiary/aromatic N) is 1. The van der Waals surface area contributed by atoms with E-state index < -0.39 is 0 Å². The second-order valence-electron chi connectivity index (χ2n) is 6.37. The maximum Gasteiger partial charge on any atom is 0.232 e. The van der Waals surface area contributed by atoms with Crippen molar-refractivity contribution in [1.82, 2.24) is 10.2 Å². The lowest BCUT2D eigenvalue weighted by molar-refractivity contribution is -0.138. The van der Waals surface area contributed by atoms with Crippen LogP contribution in [0.4, 0.5) is 0 Å². The van der Waals surface area contributed by atoms with Gasteiger partial charge in [0.05, 0.1) is 7.11 Å². The molecule has 5 heteroatoms. The van der Waals surface area contributed by atoms with E-state index in [1.165, 1.54) is 0 Å². The standard InChI is InChI=1S/C21H26N2O3/c1-16(2)23(15-17-9-5-4-6-10-17)21(25)13-20(24)22-14-18-11-7-8-12-19(18)26-3/h4-12,16H,13-15H2,1-3H3,(H,22,24). The Morgan fingerprint density at radius 3 is 2.35 bits per heavy atom. The summed E-state index contributed by atoms with van der Waals surface area (Å²) in [7, 11) is 1.59. The minimum Gasteiger partial charge on any atom is -0.496 e. The van der Waals surface area contributed by atoms with Crippen LogP contribution < -0.4 is 10.1 Å². The van der Waals surface area contributed by atoms with Gasteiger partial charge in [0.15, 0.2) is 0 Å². The Hall–Kier alpha value is -2.82. The number of rotatable bonds is 8. The topological polar surface area (TPSA) is 58.6 Å². The zero-order chi connectivity index (χ0) is 18.9. The van der Waals surface area contributed by atoms with Crippen LogP contribution in [0.25, 0.3) is 0 Å². The Bertz CT molecular complexity index is 729. The van der Waals surface area contributed by atoms with Gasteiger partial charge in [0.1, 0.15) is 12.2 Å². The minimum atomic E-state index is -0.292. The third kappa shape index (κ3) is 5.62. The van der Waals surface area contributed by atoms with Gasteiger partial charge < -0.3 is 15.0 Å². The van der Waals surface area contributed by atoms with E-state index >= 15 is 0 Å². The molecule has 138 valence electrons. The Kier molecular flexibility index (Phi) is 7.21. The Morgan fingerprint density at radius 2 is 1.69 bits per heavy atom. The van der Waals surface area contributed by atoms with E-state index in [-0.39, 0.29) is 24.3 Å². The zero-order valence-electron chi connectivity index (χ0n) is 15.6. The predicted octanol–water partition coefficient (Wildman–Crippen LogP) is 3.14. The van der Waals surface area contributed by atoms with Gasteiger partial charge in [0.2, 0.25) is 11.8 Å². The molecule has 1 N–H and O–H groups in total. The molecular formula is C21H26N2O3. The van der Waals surface area contributed by atoms with E-state index in [2.05, 4.69) is 5.32 Å². The Morgan fingerprint density at radius 1 is 1.04 bits per heavy atom. The number of amides is 2. The van der Waals surface area contributed by atoms with E-state index in [1.54, 1.807) is 12.0 Å². The quantitative estimate of drug-likeness (QED) is 0.741. The summed E-state index contributed by atoms with van der Waals surface area (Å²) in [6.45, 7) is 4.73. The second kappa shape index (κ2) is 9.61. The molecule has 0 radical (unpaired) electrons. The molecule has 5 nitrogen and oxygen atoms in total. The van der Waals surface area contributed by atoms with Crippen LogP contribution in [0.15, 0.2) is 54.6 Å². The molecule has 0 saturated heterocycles. The van der Waals surface area contributed by atoms with Crippen LogP contribution in [-0.2, 0) is 22.7 Å². The first-order valence-electron chi connectivity index (χ1n) is 8.73. The van der Waals surface area contributed by atoms with Crippen molar-refractivity contribution >= 4 is 11.8 Å². The first kappa shape index (κ1) is 19.5. The fraction of sp³-hybridized carbons (Fsp3) is 0.333. The number of benzene rings is 2. The van der Waals surface area contributed by atoms with Gasteiger partial charge in [-0.2, -0.15) is 0 Å². The molecule has 2 rings (SSSR count). The summed E-state index contributed by atoms with van der Waals surface area (Å²) in [6, 6.07) is 17.3. The molecule has 2 aromatic rings. The molecular weight excluding hydrogens is 328 g/mol. The summed E-state index contributed by atoms with van der Waals surface area (Å²) in [5.74, 6) is 0.244. The van der Waals surface area contributed by atoms with Crippen molar-refractivity contribution in [3.05, 3.63) is 65.7 Å². The molecule has 2 aromatic carbocycles. The van der Waals surface area contributed by atoms with Gasteiger partial charge >= 0.3 is 0 Å². The lowest BCUT2D eigenvalue weighted by atomic mass is 10.1. The highest BCUT2D eigenvalue weighted by molar-refractivity contribution is 5.97. The number of nitrogens with one attached hydrogen (secondary N) is 1. The highest BCUT2D eigenvalue weighted by Crippen LogP contribution is 2.17. The maximum absolute atomic E-state index is 12.6. The average molecular weight is 354 g/mol. The summed E-state index contributed by atoms with van der Waals surface area (Å²) in [5.41, 5.74) is 1.92. The molecule has 0 saturated carbocycles. The zero-order valence-corrected chi connectivity index (χ0v) is 15.6. The monoisotopic (exact) mass is 354 g/mol. The predicted molar refractivity (Wildman–Crippen MR) is 102 cm³/mol. The third-order valence-electron chi connectivity index (χ3n) is 4.12. The van der Waals surface area contributed by atoms with E-state index in [0.717, 1.165) is 11.1 Å². The normalized spacial score (nSPS) is 10.5. The van der Waals surface area contributed by atoms with Crippen LogP contribution in [-0.4, -0.2) is 29.9 Å². The number of para-hydroxylation sites is 1. The average Bonchev–Trinajstić information content (AvgIpc) is 2.65. The van der Waals surface area contributed by atoms with Crippen molar-refractivity contribution in [3.8, 4) is 5.75 Å². The van der Waals surface area contributed by atoms with Crippen molar-refractivity contribution in [3.63, 3.8) is 0 Å². The molecule has 26 heavy (non-hydrogen) atoms. The Labute approximate surface area is 155 Å². The molecule has 2 amide bonds. The fourth-order valence-electron chi connectivity index (χ4n) is 2.68. The van der Waals surface area contributed by atoms with Crippen LogP contribution in [0.1, 0.15) is 31.4 Å². The molecule has 0 aliphatic carbocycles. The van der Waals surface area contributed by atoms with Gasteiger partial charge in [-0.3, -0.25) is 9.59 Å². The molecule has 0 fully saturated rings. The first-order valence-corrected chi connectivity index (χ1v) is 8.73. The molecule has 0 aliphatic heterocycles. The molecule has 0 atom stereocenters. The SMILES string of the molecule is COc1ccccc1CNC(=O)CC(=O)N(Cc1ccccc1)C(C)C. The lowest BCUT2D eigenvalue weighted by Crippen LogP contribution is -2.39. The molecule has 0 unspecified atom stereocenters. The van der Waals surface area contributed by atoms with Crippen LogP contribution in [0.2, 0.25) is 0 Å². The Balaban J connectivity index is 1.92. The van der Waals surface area contributed by atoms with E-state index in [9.17, 15) is 9.59 Å². The van der Waals surface area contributed by atoms with Crippen LogP contribution in [0, 0.1) is 0 Å². The largest absolute Gasteiger partial charge is 0.496 e. The molecule has 0 spiro atoms. The number of carbonyl (C=O) groups excluding carboxylic acids is 2. The van der Waals surface area contributed by atoms with Gasteiger partial charge in [-0.05, 0) is 25.5 Å². The number of carbonyl (C=O) groups is 2. The van der Waals surface area contributed by atoms with E-state index in [1.807, 2.05) is 68.4 Å². The highest BCUT2D eigenvalue weighted by atomic mass is 16.5. The van der Waals surface area contributed by atoms with Gasteiger partial charge in [-0.15, -0.1) is 0 Å². The van der Waals surface area contributed by atoms with Crippen molar-refractivity contribution in [2.24, 2.45) is 0 Å². The van der Waals surface area contributed by atoms with Gasteiger partial charge in [-0.25, -0.2) is 0 Å². The van der Waals surface area contributed by atoms with Crippen molar-refractivity contribution in [1.29, 1.82) is 0 Å². The van der Waals surface area contributed by atoms with Crippen LogP contribution >= 0.6 is 0 Å². The second-order valence-corrected chi connectivity index (χ2v) is 6.37. The molecule has 0 heterocycles. The first-order chi connectivity index (χ1) is 12.5. The third-order valence-corrected chi connectivity index (χ3v) is 4.12. The number of hydrogen-bond donors (Lipinski definition) is 1. The van der Waals surface area contributed by atoms with E-state index in [0.29, 0.717) is 18.8 Å². The molecule has 0 aromatic heterocycles. The molecule has 0 aliphatic rings. The van der Waals surface area contributed by atoms with E-state index in [4.69, 9.17) is 4.74 Å². The minimum absolute atomic E-state index is 0.0183. The number of methoxy groups -OCH3 is 1. The van der Waals surface area contributed by atoms with Crippen LogP contribution in [0.3, 0.4) is 0 Å².